The highest BCUT2D eigenvalue weighted by Gasteiger charge is 2.26. The van der Waals surface area contributed by atoms with Crippen molar-refractivity contribution in [2.45, 2.75) is 19.4 Å². The van der Waals surface area contributed by atoms with Crippen molar-refractivity contribution in [1.82, 2.24) is 4.90 Å². The third kappa shape index (κ3) is 5.09. The van der Waals surface area contributed by atoms with Crippen LogP contribution in [0.1, 0.15) is 28.8 Å². The second kappa shape index (κ2) is 9.17. The number of hydrogen-bond donors (Lipinski definition) is 1. The number of benzene rings is 2. The Morgan fingerprint density at radius 1 is 1.25 bits per heavy atom. The zero-order valence-electron chi connectivity index (χ0n) is 15.6. The number of nitrogens with one attached hydrogen (secondary N) is 1. The first-order valence-corrected chi connectivity index (χ1v) is 9.49. The van der Waals surface area contributed by atoms with Crippen LogP contribution in [-0.2, 0) is 16.1 Å². The van der Waals surface area contributed by atoms with E-state index in [1.165, 1.54) is 25.3 Å². The molecule has 1 amide bonds. The number of anilines is 1. The quantitative estimate of drug-likeness (QED) is 0.762. The lowest BCUT2D eigenvalue weighted by Crippen LogP contribution is -2.40. The lowest BCUT2D eigenvalue weighted by molar-refractivity contribution is -0.121. The molecule has 1 aliphatic rings. The van der Waals surface area contributed by atoms with E-state index in [0.717, 1.165) is 24.9 Å². The average molecular weight is 405 g/mol. The van der Waals surface area contributed by atoms with Gasteiger partial charge in [-0.05, 0) is 55.3 Å². The molecule has 2 aromatic carbocycles. The van der Waals surface area contributed by atoms with Gasteiger partial charge in [-0.3, -0.25) is 9.69 Å². The van der Waals surface area contributed by atoms with Gasteiger partial charge in [0.2, 0.25) is 5.91 Å². The number of amides is 1. The molecule has 1 N–H and O–H groups in total. The molecule has 0 saturated carbocycles. The van der Waals surface area contributed by atoms with Crippen molar-refractivity contribution < 1.29 is 18.7 Å². The SMILES string of the molecule is COC(=O)c1ccc(Cl)c(NC(=O)[C@@H]2CCCN(Cc3ccc(F)cc3)C2)c1. The van der Waals surface area contributed by atoms with Gasteiger partial charge in [-0.2, -0.15) is 0 Å². The topological polar surface area (TPSA) is 58.6 Å². The van der Waals surface area contributed by atoms with Crippen LogP contribution in [0.4, 0.5) is 10.1 Å². The van der Waals surface area contributed by atoms with Crippen molar-refractivity contribution in [3.05, 3.63) is 64.4 Å². The van der Waals surface area contributed by atoms with Crippen molar-refractivity contribution >= 4 is 29.2 Å². The predicted octanol–water partition coefficient (Wildman–Crippen LogP) is 4.12. The largest absolute Gasteiger partial charge is 0.465 e. The molecule has 1 saturated heterocycles. The Bertz CT molecular complexity index is 857. The van der Waals surface area contributed by atoms with Crippen LogP contribution in [0.15, 0.2) is 42.5 Å². The van der Waals surface area contributed by atoms with E-state index in [0.29, 0.717) is 29.4 Å². The highest BCUT2D eigenvalue weighted by Crippen LogP contribution is 2.26. The Labute approximate surface area is 168 Å². The van der Waals surface area contributed by atoms with E-state index < -0.39 is 5.97 Å². The molecule has 3 rings (SSSR count). The monoisotopic (exact) mass is 404 g/mol. The fourth-order valence-electron chi connectivity index (χ4n) is 3.36. The van der Waals surface area contributed by atoms with Gasteiger partial charge in [-0.15, -0.1) is 0 Å². The lowest BCUT2D eigenvalue weighted by atomic mass is 9.96. The highest BCUT2D eigenvalue weighted by molar-refractivity contribution is 6.33. The van der Waals surface area contributed by atoms with E-state index in [1.807, 2.05) is 0 Å². The first-order chi connectivity index (χ1) is 13.5. The van der Waals surface area contributed by atoms with Gasteiger partial charge < -0.3 is 10.1 Å². The van der Waals surface area contributed by atoms with Crippen molar-refractivity contribution in [2.24, 2.45) is 5.92 Å². The molecule has 1 heterocycles. The number of halogens is 2. The summed E-state index contributed by atoms with van der Waals surface area (Å²) >= 11 is 6.17. The molecule has 0 bridgehead atoms. The molecule has 0 spiro atoms. The van der Waals surface area contributed by atoms with Crippen LogP contribution in [0.25, 0.3) is 0 Å². The maximum atomic E-state index is 13.1. The second-order valence-corrected chi connectivity index (χ2v) is 7.28. The van der Waals surface area contributed by atoms with Crippen molar-refractivity contribution in [1.29, 1.82) is 0 Å². The van der Waals surface area contributed by atoms with Gasteiger partial charge in [0.25, 0.3) is 0 Å². The number of carbonyl (C=O) groups excluding carboxylic acids is 2. The number of rotatable bonds is 5. The van der Waals surface area contributed by atoms with Crippen LogP contribution < -0.4 is 5.32 Å². The third-order valence-electron chi connectivity index (χ3n) is 4.84. The molecule has 28 heavy (non-hydrogen) atoms. The first-order valence-electron chi connectivity index (χ1n) is 9.12. The fourth-order valence-corrected chi connectivity index (χ4v) is 3.53. The van der Waals surface area contributed by atoms with Crippen LogP contribution in [0.3, 0.4) is 0 Å². The number of piperidine rings is 1. The molecule has 1 atom stereocenters. The van der Waals surface area contributed by atoms with Crippen molar-refractivity contribution in [3.63, 3.8) is 0 Å². The molecular weight excluding hydrogens is 383 g/mol. The Morgan fingerprint density at radius 2 is 2.00 bits per heavy atom. The van der Waals surface area contributed by atoms with E-state index in [9.17, 15) is 14.0 Å². The fraction of sp³-hybridized carbons (Fsp3) is 0.333. The average Bonchev–Trinajstić information content (AvgIpc) is 2.71. The van der Waals surface area contributed by atoms with Crippen LogP contribution in [-0.4, -0.2) is 37.0 Å². The van der Waals surface area contributed by atoms with E-state index in [1.54, 1.807) is 24.3 Å². The highest BCUT2D eigenvalue weighted by atomic mass is 35.5. The van der Waals surface area contributed by atoms with E-state index in [-0.39, 0.29) is 17.6 Å². The summed E-state index contributed by atoms with van der Waals surface area (Å²) in [6.45, 7) is 2.17. The summed E-state index contributed by atoms with van der Waals surface area (Å²) in [7, 11) is 1.30. The van der Waals surface area contributed by atoms with Gasteiger partial charge >= 0.3 is 5.97 Å². The summed E-state index contributed by atoms with van der Waals surface area (Å²) in [5.41, 5.74) is 1.73. The molecule has 0 aliphatic carbocycles. The molecule has 7 heteroatoms. The summed E-state index contributed by atoms with van der Waals surface area (Å²) < 4.78 is 17.8. The number of nitrogens with zero attached hydrogens (tertiary/aromatic N) is 1. The van der Waals surface area contributed by atoms with Gasteiger partial charge in [-0.1, -0.05) is 23.7 Å². The zero-order valence-corrected chi connectivity index (χ0v) is 16.3. The summed E-state index contributed by atoms with van der Waals surface area (Å²) in [5, 5.41) is 3.20. The van der Waals surface area contributed by atoms with Gasteiger partial charge in [0.05, 0.1) is 29.3 Å². The molecule has 1 fully saturated rings. The first kappa shape index (κ1) is 20.3. The van der Waals surface area contributed by atoms with Crippen LogP contribution in [0, 0.1) is 11.7 Å². The Hall–Kier alpha value is -2.44. The Kier molecular flexibility index (Phi) is 6.65. The summed E-state index contributed by atoms with van der Waals surface area (Å²) in [6, 6.07) is 11.0. The van der Waals surface area contributed by atoms with Crippen molar-refractivity contribution in [2.75, 3.05) is 25.5 Å². The minimum Gasteiger partial charge on any atom is -0.465 e. The summed E-state index contributed by atoms with van der Waals surface area (Å²) in [5.74, 6) is -1.07. The van der Waals surface area contributed by atoms with Crippen molar-refractivity contribution in [3.8, 4) is 0 Å². The minimum absolute atomic E-state index is 0.132. The molecule has 148 valence electrons. The van der Waals surface area contributed by atoms with Gasteiger partial charge in [0.15, 0.2) is 0 Å². The van der Waals surface area contributed by atoms with Crippen LogP contribution in [0.5, 0.6) is 0 Å². The van der Waals surface area contributed by atoms with E-state index in [2.05, 4.69) is 10.2 Å². The van der Waals surface area contributed by atoms with Gasteiger partial charge in [0, 0.05) is 13.1 Å². The number of esters is 1. The summed E-state index contributed by atoms with van der Waals surface area (Å²) in [4.78, 5) is 26.6. The van der Waals surface area contributed by atoms with Crippen LogP contribution in [0.2, 0.25) is 5.02 Å². The Balaban J connectivity index is 1.64. The predicted molar refractivity (Wildman–Crippen MR) is 106 cm³/mol. The third-order valence-corrected chi connectivity index (χ3v) is 5.17. The van der Waals surface area contributed by atoms with Gasteiger partial charge in [-0.25, -0.2) is 9.18 Å². The second-order valence-electron chi connectivity index (χ2n) is 6.88. The molecule has 5 nitrogen and oxygen atoms in total. The summed E-state index contributed by atoms with van der Waals surface area (Å²) in [6.07, 6.45) is 1.68. The maximum Gasteiger partial charge on any atom is 0.337 e. The number of ether oxygens (including phenoxy) is 1. The lowest BCUT2D eigenvalue weighted by Gasteiger charge is -2.32. The molecule has 1 aliphatic heterocycles. The number of methoxy groups -OCH3 is 1. The smallest absolute Gasteiger partial charge is 0.337 e. The van der Waals surface area contributed by atoms with Gasteiger partial charge in [0.1, 0.15) is 5.82 Å². The molecule has 2 aromatic rings. The molecule has 0 radical (unpaired) electrons. The molecule has 0 aromatic heterocycles. The number of hydrogen-bond acceptors (Lipinski definition) is 4. The Morgan fingerprint density at radius 3 is 2.71 bits per heavy atom. The van der Waals surface area contributed by atoms with E-state index >= 15 is 0 Å². The maximum absolute atomic E-state index is 13.1. The normalized spacial score (nSPS) is 17.2. The molecule has 0 unspecified atom stereocenters. The minimum atomic E-state index is -0.490. The zero-order chi connectivity index (χ0) is 20.1. The standard InChI is InChI=1S/C21H22ClFN2O3/c1-28-21(27)15-6-9-18(22)19(11-15)24-20(26)16-3-2-10-25(13-16)12-14-4-7-17(23)8-5-14/h4-9,11,16H,2-3,10,12-13H2,1H3,(H,24,26)/t16-/m1/s1. The van der Waals surface area contributed by atoms with Crippen LogP contribution >= 0.6 is 11.6 Å². The number of carbonyl (C=O) groups is 2. The molecular formula is C21H22ClFN2O3. The van der Waals surface area contributed by atoms with E-state index in [4.69, 9.17) is 16.3 Å². The number of likely N-dealkylation sites (tertiary alicyclic amines) is 1.